The Bertz CT molecular complexity index is 1010. The van der Waals surface area contributed by atoms with Crippen LogP contribution in [0.5, 0.6) is 5.75 Å². The minimum atomic E-state index is -4.78. The Morgan fingerprint density at radius 2 is 2.13 bits per heavy atom. The Kier molecular flexibility index (Phi) is 5.74. The number of hydrogen-bond acceptors (Lipinski definition) is 5. The number of carbonyl (C=O) groups is 1. The van der Waals surface area contributed by atoms with E-state index in [0.717, 1.165) is 17.7 Å². The first-order valence-corrected chi connectivity index (χ1v) is 9.85. The Morgan fingerprint density at radius 1 is 1.29 bits per heavy atom. The summed E-state index contributed by atoms with van der Waals surface area (Å²) in [5.74, 6) is -0.485. The summed E-state index contributed by atoms with van der Waals surface area (Å²) in [6, 6.07) is 12.4. The number of alkyl halides is 3. The SMILES string of the molecule is N#Cc1ccc2c(c1)CC(C(=O)N[C@@H]1CCOC1)N2Cc1cccc(OC(F)(F)F)c1. The number of amides is 1. The summed E-state index contributed by atoms with van der Waals surface area (Å²) >= 11 is 0. The molecule has 1 amide bonds. The molecule has 162 valence electrons. The number of nitrogens with zero attached hydrogens (tertiary/aromatic N) is 2. The van der Waals surface area contributed by atoms with Crippen molar-refractivity contribution in [3.8, 4) is 11.8 Å². The molecule has 4 rings (SSSR count). The van der Waals surface area contributed by atoms with Gasteiger partial charge in [0.2, 0.25) is 5.91 Å². The van der Waals surface area contributed by atoms with Crippen LogP contribution < -0.4 is 15.0 Å². The monoisotopic (exact) mass is 431 g/mol. The molecule has 2 aromatic carbocycles. The van der Waals surface area contributed by atoms with Crippen molar-refractivity contribution < 1.29 is 27.4 Å². The normalized spacial score (nSPS) is 20.3. The van der Waals surface area contributed by atoms with E-state index in [1.165, 1.54) is 18.2 Å². The van der Waals surface area contributed by atoms with Crippen molar-refractivity contribution in [2.75, 3.05) is 18.1 Å². The lowest BCUT2D eigenvalue weighted by Gasteiger charge is -2.28. The molecule has 2 heterocycles. The highest BCUT2D eigenvalue weighted by molar-refractivity contribution is 5.88. The molecule has 1 saturated heterocycles. The highest BCUT2D eigenvalue weighted by Gasteiger charge is 2.36. The number of nitrogens with one attached hydrogen (secondary N) is 1. The van der Waals surface area contributed by atoms with Crippen molar-refractivity contribution in [1.29, 1.82) is 5.26 Å². The van der Waals surface area contributed by atoms with E-state index in [9.17, 15) is 23.2 Å². The molecule has 0 bridgehead atoms. The van der Waals surface area contributed by atoms with Gasteiger partial charge in [-0.15, -0.1) is 13.2 Å². The lowest BCUT2D eigenvalue weighted by molar-refractivity contribution is -0.274. The Morgan fingerprint density at radius 3 is 2.84 bits per heavy atom. The third kappa shape index (κ3) is 4.91. The lowest BCUT2D eigenvalue weighted by Crippen LogP contribution is -2.48. The van der Waals surface area contributed by atoms with Gasteiger partial charge in [-0.2, -0.15) is 5.26 Å². The van der Waals surface area contributed by atoms with E-state index >= 15 is 0 Å². The second-order valence-electron chi connectivity index (χ2n) is 7.57. The third-order valence-corrected chi connectivity index (χ3v) is 5.37. The first-order chi connectivity index (χ1) is 14.8. The van der Waals surface area contributed by atoms with Gasteiger partial charge in [0.1, 0.15) is 11.8 Å². The second-order valence-corrected chi connectivity index (χ2v) is 7.57. The molecule has 2 aromatic rings. The molecule has 2 atom stereocenters. The van der Waals surface area contributed by atoms with Crippen LogP contribution in [-0.4, -0.2) is 37.6 Å². The zero-order chi connectivity index (χ0) is 22.0. The number of ether oxygens (including phenoxy) is 2. The maximum absolute atomic E-state index is 13.0. The molecule has 2 aliphatic rings. The summed E-state index contributed by atoms with van der Waals surface area (Å²) in [6.45, 7) is 1.27. The Labute approximate surface area is 177 Å². The van der Waals surface area contributed by atoms with E-state index < -0.39 is 12.4 Å². The molecule has 0 aromatic heterocycles. The summed E-state index contributed by atoms with van der Waals surface area (Å²) in [4.78, 5) is 14.9. The number of anilines is 1. The van der Waals surface area contributed by atoms with Crippen LogP contribution in [0.4, 0.5) is 18.9 Å². The van der Waals surface area contributed by atoms with Gasteiger partial charge in [0.15, 0.2) is 0 Å². The summed E-state index contributed by atoms with van der Waals surface area (Å²) in [6.07, 6.45) is -3.64. The molecule has 31 heavy (non-hydrogen) atoms. The fourth-order valence-corrected chi connectivity index (χ4v) is 4.00. The predicted molar refractivity (Wildman–Crippen MR) is 105 cm³/mol. The third-order valence-electron chi connectivity index (χ3n) is 5.37. The molecule has 1 unspecified atom stereocenters. The first-order valence-electron chi connectivity index (χ1n) is 9.85. The fraction of sp³-hybridized carbons (Fsp3) is 0.364. The Hall–Kier alpha value is -3.25. The second kappa shape index (κ2) is 8.47. The van der Waals surface area contributed by atoms with Crippen molar-refractivity contribution in [3.63, 3.8) is 0 Å². The Balaban J connectivity index is 1.59. The van der Waals surface area contributed by atoms with Gasteiger partial charge in [0.25, 0.3) is 0 Å². The molecule has 1 fully saturated rings. The molecule has 0 radical (unpaired) electrons. The van der Waals surface area contributed by atoms with Gasteiger partial charge >= 0.3 is 6.36 Å². The van der Waals surface area contributed by atoms with Crippen molar-refractivity contribution in [2.45, 2.75) is 37.8 Å². The minimum absolute atomic E-state index is 0.0590. The van der Waals surface area contributed by atoms with Crippen LogP contribution in [0.2, 0.25) is 0 Å². The molecule has 0 aliphatic carbocycles. The molecule has 6 nitrogen and oxygen atoms in total. The molecule has 9 heteroatoms. The number of halogens is 3. The van der Waals surface area contributed by atoms with Crippen LogP contribution in [0.3, 0.4) is 0 Å². The van der Waals surface area contributed by atoms with E-state index in [4.69, 9.17) is 4.74 Å². The van der Waals surface area contributed by atoms with E-state index in [2.05, 4.69) is 16.1 Å². The van der Waals surface area contributed by atoms with Gasteiger partial charge < -0.3 is 19.7 Å². The van der Waals surface area contributed by atoms with Crippen molar-refractivity contribution in [2.24, 2.45) is 0 Å². The zero-order valence-corrected chi connectivity index (χ0v) is 16.5. The van der Waals surface area contributed by atoms with E-state index in [1.807, 2.05) is 4.90 Å². The van der Waals surface area contributed by atoms with Gasteiger partial charge in [-0.1, -0.05) is 12.1 Å². The standard InChI is InChI=1S/C22H20F3N3O3/c23-22(24,25)31-18-3-1-2-15(9-18)12-28-19-5-4-14(11-26)8-16(19)10-20(28)21(29)27-17-6-7-30-13-17/h1-5,8-9,17,20H,6-7,10,12-13H2,(H,27,29)/t17-,20?/m1/s1. The average Bonchev–Trinajstić information content (AvgIpc) is 3.34. The lowest BCUT2D eigenvalue weighted by atomic mass is 10.1. The molecule has 1 N–H and O–H groups in total. The van der Waals surface area contributed by atoms with Gasteiger partial charge in [0, 0.05) is 25.3 Å². The fourth-order valence-electron chi connectivity index (χ4n) is 4.00. The van der Waals surface area contributed by atoms with E-state index in [1.54, 1.807) is 24.3 Å². The van der Waals surface area contributed by atoms with Gasteiger partial charge in [-0.05, 0) is 47.9 Å². The van der Waals surface area contributed by atoms with Crippen LogP contribution in [-0.2, 0) is 22.5 Å². The number of carbonyl (C=O) groups excluding carboxylic acids is 1. The maximum Gasteiger partial charge on any atom is 0.573 e. The van der Waals surface area contributed by atoms with Crippen LogP contribution >= 0.6 is 0 Å². The number of nitriles is 1. The number of fused-ring (bicyclic) bond motifs is 1. The summed E-state index contributed by atoms with van der Waals surface area (Å²) in [5, 5.41) is 12.2. The average molecular weight is 431 g/mol. The van der Waals surface area contributed by atoms with E-state index in [0.29, 0.717) is 30.8 Å². The largest absolute Gasteiger partial charge is 0.573 e. The van der Waals surface area contributed by atoms with Crippen LogP contribution in [0, 0.1) is 11.3 Å². The number of rotatable bonds is 5. The van der Waals surface area contributed by atoms with Crippen molar-refractivity contribution in [3.05, 3.63) is 59.2 Å². The number of hydrogen-bond donors (Lipinski definition) is 1. The van der Waals surface area contributed by atoms with Crippen LogP contribution in [0.15, 0.2) is 42.5 Å². The highest BCUT2D eigenvalue weighted by atomic mass is 19.4. The molecule has 0 saturated carbocycles. The van der Waals surface area contributed by atoms with Gasteiger partial charge in [0.05, 0.1) is 24.3 Å². The molecular weight excluding hydrogens is 411 g/mol. The zero-order valence-electron chi connectivity index (χ0n) is 16.5. The minimum Gasteiger partial charge on any atom is -0.406 e. The van der Waals surface area contributed by atoms with Crippen LogP contribution in [0.1, 0.15) is 23.1 Å². The molecule has 0 spiro atoms. The highest BCUT2D eigenvalue weighted by Crippen LogP contribution is 2.35. The first kappa shape index (κ1) is 21.0. The molecule has 2 aliphatic heterocycles. The quantitative estimate of drug-likeness (QED) is 0.787. The van der Waals surface area contributed by atoms with Gasteiger partial charge in [-0.3, -0.25) is 4.79 Å². The van der Waals surface area contributed by atoms with E-state index in [-0.39, 0.29) is 24.2 Å². The topological polar surface area (TPSA) is 74.6 Å². The summed E-state index contributed by atoms with van der Waals surface area (Å²) in [5.41, 5.74) is 2.69. The predicted octanol–water partition coefficient (Wildman–Crippen LogP) is 3.29. The summed E-state index contributed by atoms with van der Waals surface area (Å²) < 4.78 is 47.1. The number of benzene rings is 2. The smallest absolute Gasteiger partial charge is 0.406 e. The maximum atomic E-state index is 13.0. The van der Waals surface area contributed by atoms with Gasteiger partial charge in [-0.25, -0.2) is 0 Å². The van der Waals surface area contributed by atoms with Crippen molar-refractivity contribution in [1.82, 2.24) is 5.32 Å². The molecular formula is C22H20F3N3O3. The van der Waals surface area contributed by atoms with Crippen molar-refractivity contribution >= 4 is 11.6 Å². The summed E-state index contributed by atoms with van der Waals surface area (Å²) in [7, 11) is 0. The van der Waals surface area contributed by atoms with Crippen LogP contribution in [0.25, 0.3) is 0 Å².